The molecule has 0 fully saturated rings. The average molecular weight is 526 g/mol. The molecular formula is C30H31N5O4. The van der Waals surface area contributed by atoms with Gasteiger partial charge >= 0.3 is 0 Å². The maximum Gasteiger partial charge on any atom is 0.247 e. The van der Waals surface area contributed by atoms with Crippen LogP contribution in [0.15, 0.2) is 97.2 Å². The minimum atomic E-state index is -0.743. The van der Waals surface area contributed by atoms with E-state index in [0.717, 1.165) is 11.3 Å². The van der Waals surface area contributed by atoms with Crippen molar-refractivity contribution in [2.45, 2.75) is 19.1 Å². The summed E-state index contributed by atoms with van der Waals surface area (Å²) < 4.78 is 11.6. The van der Waals surface area contributed by atoms with Gasteiger partial charge in [0.1, 0.15) is 18.5 Å². The largest absolute Gasteiger partial charge is 0.493 e. The highest BCUT2D eigenvalue weighted by molar-refractivity contribution is 5.95. The maximum atomic E-state index is 13.4. The van der Waals surface area contributed by atoms with Gasteiger partial charge in [-0.3, -0.25) is 25.9 Å². The lowest BCUT2D eigenvalue weighted by Crippen LogP contribution is -2.34. The lowest BCUT2D eigenvalue weighted by molar-refractivity contribution is -0.121. The van der Waals surface area contributed by atoms with Gasteiger partial charge < -0.3 is 20.1 Å². The molecule has 0 radical (unpaired) electrons. The second kappa shape index (κ2) is 13.6. The highest BCUT2D eigenvalue weighted by Crippen LogP contribution is 2.32. The highest BCUT2D eigenvalue weighted by atomic mass is 16.5. The predicted octanol–water partition coefficient (Wildman–Crippen LogP) is 4.49. The van der Waals surface area contributed by atoms with Crippen molar-refractivity contribution in [2.24, 2.45) is 0 Å². The molecule has 0 unspecified atom stereocenters. The molecule has 1 amide bonds. The zero-order valence-electron chi connectivity index (χ0n) is 21.6. The molecule has 4 aromatic rings. The van der Waals surface area contributed by atoms with Gasteiger partial charge in [-0.05, 0) is 59.7 Å². The molecule has 0 bridgehead atoms. The first-order valence-corrected chi connectivity index (χ1v) is 12.5. The minimum absolute atomic E-state index is 0.124. The van der Waals surface area contributed by atoms with Crippen LogP contribution in [0.5, 0.6) is 11.5 Å². The Bertz CT molecular complexity index is 1370. The van der Waals surface area contributed by atoms with E-state index in [1.54, 1.807) is 49.7 Å². The number of nitrogens with one attached hydrogen (secondary N) is 4. The van der Waals surface area contributed by atoms with Crippen LogP contribution in [-0.4, -0.2) is 35.6 Å². The Balaban J connectivity index is 1.53. The van der Waals surface area contributed by atoms with E-state index in [0.29, 0.717) is 47.9 Å². The fourth-order valence-electron chi connectivity index (χ4n) is 3.94. The lowest BCUT2D eigenvalue weighted by Gasteiger charge is -2.22. The summed E-state index contributed by atoms with van der Waals surface area (Å²) in [5.74, 6) is 0.731. The summed E-state index contributed by atoms with van der Waals surface area (Å²) in [4.78, 5) is 17.7. The van der Waals surface area contributed by atoms with Crippen molar-refractivity contribution in [2.75, 3.05) is 19.0 Å². The first kappa shape index (κ1) is 27.2. The molecule has 9 heteroatoms. The first-order chi connectivity index (χ1) is 19.1. The molecule has 0 aliphatic heterocycles. The average Bonchev–Trinajstić information content (AvgIpc) is 2.99. The molecule has 0 aliphatic carbocycles. The molecule has 0 aliphatic rings. The van der Waals surface area contributed by atoms with Gasteiger partial charge in [0.05, 0.1) is 7.11 Å². The summed E-state index contributed by atoms with van der Waals surface area (Å²) in [5.41, 5.74) is 5.60. The first-order valence-electron chi connectivity index (χ1n) is 12.5. The fraction of sp³-hybridized carbons (Fsp3) is 0.167. The number of anilines is 1. The molecule has 1 heterocycles. The van der Waals surface area contributed by atoms with Gasteiger partial charge in [-0.1, -0.05) is 42.5 Å². The van der Waals surface area contributed by atoms with E-state index in [1.165, 1.54) is 0 Å². The van der Waals surface area contributed by atoms with Crippen LogP contribution in [0.4, 0.5) is 5.69 Å². The summed E-state index contributed by atoms with van der Waals surface area (Å²) >= 11 is 0. The molecule has 4 rings (SSSR count). The van der Waals surface area contributed by atoms with Gasteiger partial charge in [0, 0.05) is 36.1 Å². The van der Waals surface area contributed by atoms with Crippen molar-refractivity contribution >= 4 is 17.4 Å². The van der Waals surface area contributed by atoms with Gasteiger partial charge in [-0.25, -0.2) is 0 Å². The topological polar surface area (TPSA) is 129 Å². The standard InChI is InChI=1S/C30H31N5O4/c1-38-27-19-23(12-15-26(27)39-20-21-7-3-2-4-8-21)28(30(36)33-18-16-24-9-5-6-17-32-24)34-25-13-10-22(11-14-25)29(31)35-37/h2-15,17,19,28,34,37H,16,18,20H2,1H3,(H2,31,35)(H,33,36)/t28-/m0/s1. The normalized spacial score (nSPS) is 11.2. The van der Waals surface area contributed by atoms with E-state index < -0.39 is 6.04 Å². The molecule has 200 valence electrons. The molecule has 1 atom stereocenters. The van der Waals surface area contributed by atoms with Crippen LogP contribution < -0.4 is 25.6 Å². The SMILES string of the molecule is COc1cc([C@H](Nc2ccc(C(=N)NO)cc2)C(=O)NCCc2ccccn2)ccc1OCc1ccccc1. The van der Waals surface area contributed by atoms with Crippen molar-refractivity contribution in [3.8, 4) is 11.5 Å². The number of methoxy groups -OCH3 is 1. The number of benzene rings is 3. The van der Waals surface area contributed by atoms with Crippen molar-refractivity contribution in [3.05, 3.63) is 120 Å². The number of carbonyl (C=O) groups is 1. The zero-order chi connectivity index (χ0) is 27.5. The number of amidine groups is 1. The maximum absolute atomic E-state index is 13.4. The van der Waals surface area contributed by atoms with E-state index >= 15 is 0 Å². The quantitative estimate of drug-likeness (QED) is 0.105. The third-order valence-electron chi connectivity index (χ3n) is 6.02. The zero-order valence-corrected chi connectivity index (χ0v) is 21.6. The van der Waals surface area contributed by atoms with Crippen LogP contribution in [0, 0.1) is 5.41 Å². The Morgan fingerprint density at radius 2 is 1.74 bits per heavy atom. The Morgan fingerprint density at radius 1 is 0.974 bits per heavy atom. The minimum Gasteiger partial charge on any atom is -0.493 e. The highest BCUT2D eigenvalue weighted by Gasteiger charge is 2.22. The summed E-state index contributed by atoms with van der Waals surface area (Å²) in [5, 5.41) is 23.0. The van der Waals surface area contributed by atoms with Gasteiger partial charge in [0.25, 0.3) is 0 Å². The van der Waals surface area contributed by atoms with Gasteiger partial charge in [-0.15, -0.1) is 0 Å². The van der Waals surface area contributed by atoms with Crippen LogP contribution in [0.25, 0.3) is 0 Å². The molecule has 0 spiro atoms. The number of hydrogen-bond acceptors (Lipinski definition) is 7. The van der Waals surface area contributed by atoms with Crippen LogP contribution >= 0.6 is 0 Å². The molecule has 1 aromatic heterocycles. The molecular weight excluding hydrogens is 494 g/mol. The number of rotatable bonds is 12. The van der Waals surface area contributed by atoms with Gasteiger partial charge in [-0.2, -0.15) is 0 Å². The number of ether oxygens (including phenoxy) is 2. The van der Waals surface area contributed by atoms with Crippen molar-refractivity contribution in [1.29, 1.82) is 5.41 Å². The second-order valence-electron chi connectivity index (χ2n) is 8.69. The van der Waals surface area contributed by atoms with E-state index in [9.17, 15) is 4.79 Å². The third kappa shape index (κ3) is 7.56. The number of carbonyl (C=O) groups excluding carboxylic acids is 1. The lowest BCUT2D eigenvalue weighted by atomic mass is 10.0. The smallest absolute Gasteiger partial charge is 0.247 e. The number of hydrogen-bond donors (Lipinski definition) is 5. The third-order valence-corrected chi connectivity index (χ3v) is 6.02. The number of hydroxylamine groups is 1. The van der Waals surface area contributed by atoms with Crippen molar-refractivity contribution in [1.82, 2.24) is 15.8 Å². The van der Waals surface area contributed by atoms with E-state index in [2.05, 4.69) is 15.6 Å². The Hall–Kier alpha value is -4.89. The molecule has 5 N–H and O–H groups in total. The predicted molar refractivity (Wildman–Crippen MR) is 149 cm³/mol. The molecule has 3 aromatic carbocycles. The van der Waals surface area contributed by atoms with Crippen LogP contribution in [-0.2, 0) is 17.8 Å². The Morgan fingerprint density at radius 3 is 2.44 bits per heavy atom. The van der Waals surface area contributed by atoms with E-state index in [-0.39, 0.29) is 11.7 Å². The Kier molecular flexibility index (Phi) is 9.47. The van der Waals surface area contributed by atoms with Gasteiger partial charge in [0.15, 0.2) is 11.5 Å². The molecule has 0 saturated heterocycles. The number of pyridine rings is 1. The molecule has 9 nitrogen and oxygen atoms in total. The van der Waals surface area contributed by atoms with Crippen LogP contribution in [0.1, 0.15) is 28.4 Å². The monoisotopic (exact) mass is 525 g/mol. The number of nitrogens with zero attached hydrogens (tertiary/aromatic N) is 1. The van der Waals surface area contributed by atoms with E-state index in [1.807, 2.05) is 60.1 Å². The van der Waals surface area contributed by atoms with Crippen molar-refractivity contribution < 1.29 is 19.5 Å². The summed E-state index contributed by atoms with van der Waals surface area (Å²) in [6, 6.07) is 27.0. The summed E-state index contributed by atoms with van der Waals surface area (Å²) in [6.45, 7) is 0.804. The second-order valence-corrected chi connectivity index (χ2v) is 8.69. The molecule has 0 saturated carbocycles. The van der Waals surface area contributed by atoms with E-state index in [4.69, 9.17) is 20.1 Å². The summed E-state index contributed by atoms with van der Waals surface area (Å²) in [6.07, 6.45) is 2.32. The van der Waals surface area contributed by atoms with Crippen LogP contribution in [0.3, 0.4) is 0 Å². The number of amides is 1. The number of aromatic nitrogens is 1. The Labute approximate surface area is 227 Å². The summed E-state index contributed by atoms with van der Waals surface area (Å²) in [7, 11) is 1.56. The van der Waals surface area contributed by atoms with Gasteiger partial charge in [0.2, 0.25) is 5.91 Å². The fourth-order valence-corrected chi connectivity index (χ4v) is 3.94. The molecule has 39 heavy (non-hydrogen) atoms. The van der Waals surface area contributed by atoms with Crippen molar-refractivity contribution in [3.63, 3.8) is 0 Å². The van der Waals surface area contributed by atoms with Crippen LogP contribution in [0.2, 0.25) is 0 Å².